The molecule has 2 amide bonds. The number of anilines is 1. The molecular weight excluding hydrogens is 332 g/mol. The fourth-order valence-corrected chi connectivity index (χ4v) is 2.88. The molecular formula is C20H22N2O4. The van der Waals surface area contributed by atoms with E-state index in [0.29, 0.717) is 30.2 Å². The van der Waals surface area contributed by atoms with Gasteiger partial charge in [-0.15, -0.1) is 0 Å². The van der Waals surface area contributed by atoms with E-state index in [1.165, 1.54) is 6.92 Å². The van der Waals surface area contributed by atoms with Crippen LogP contribution in [0.15, 0.2) is 42.5 Å². The van der Waals surface area contributed by atoms with E-state index >= 15 is 0 Å². The lowest BCUT2D eigenvalue weighted by molar-refractivity contribution is -0.114. The Balaban J connectivity index is 1.75. The molecule has 0 aliphatic carbocycles. The summed E-state index contributed by atoms with van der Waals surface area (Å²) in [4.78, 5) is 23.8. The molecule has 2 aromatic rings. The summed E-state index contributed by atoms with van der Waals surface area (Å²) in [5.74, 6) is 1.06. The molecule has 1 aliphatic rings. The first-order chi connectivity index (χ1) is 12.6. The molecule has 6 nitrogen and oxygen atoms in total. The zero-order chi connectivity index (χ0) is 18.5. The van der Waals surface area contributed by atoms with Crippen LogP contribution in [0.3, 0.4) is 0 Å². The normalized spacial score (nSPS) is 13.6. The molecule has 0 saturated carbocycles. The SMILES string of the molecule is CCC(NC(=O)c1cccc(NC(C)=O)c1)c1ccc2c(c1)OCCO2. The standard InChI is InChI=1S/C20H22N2O4/c1-3-17(14-7-8-18-19(12-14)26-10-9-25-18)22-20(24)15-5-4-6-16(11-15)21-13(2)23/h4-8,11-12,17H,3,9-10H2,1-2H3,(H,21,23)(H,22,24). The molecule has 1 heterocycles. The first-order valence-electron chi connectivity index (χ1n) is 8.65. The Kier molecular flexibility index (Phi) is 5.41. The molecule has 0 aromatic heterocycles. The van der Waals surface area contributed by atoms with E-state index in [9.17, 15) is 9.59 Å². The van der Waals surface area contributed by atoms with Gasteiger partial charge in [0.2, 0.25) is 5.91 Å². The number of rotatable bonds is 5. The van der Waals surface area contributed by atoms with Gasteiger partial charge in [0.1, 0.15) is 13.2 Å². The quantitative estimate of drug-likeness (QED) is 0.864. The molecule has 0 bridgehead atoms. The van der Waals surface area contributed by atoms with Crippen LogP contribution >= 0.6 is 0 Å². The maximum atomic E-state index is 12.6. The molecule has 2 aromatic carbocycles. The second-order valence-electron chi connectivity index (χ2n) is 6.10. The van der Waals surface area contributed by atoms with Crippen LogP contribution in [0.2, 0.25) is 0 Å². The highest BCUT2D eigenvalue weighted by Crippen LogP contribution is 2.33. The van der Waals surface area contributed by atoms with Crippen molar-refractivity contribution in [1.82, 2.24) is 5.32 Å². The maximum Gasteiger partial charge on any atom is 0.251 e. The van der Waals surface area contributed by atoms with Crippen LogP contribution in [-0.4, -0.2) is 25.0 Å². The highest BCUT2D eigenvalue weighted by atomic mass is 16.6. The van der Waals surface area contributed by atoms with Crippen LogP contribution in [0.4, 0.5) is 5.69 Å². The van der Waals surface area contributed by atoms with Crippen molar-refractivity contribution in [2.45, 2.75) is 26.3 Å². The maximum absolute atomic E-state index is 12.6. The van der Waals surface area contributed by atoms with Crippen molar-refractivity contribution < 1.29 is 19.1 Å². The highest BCUT2D eigenvalue weighted by Gasteiger charge is 2.18. The summed E-state index contributed by atoms with van der Waals surface area (Å²) in [6.07, 6.45) is 0.733. The molecule has 26 heavy (non-hydrogen) atoms. The number of amides is 2. The van der Waals surface area contributed by atoms with Crippen molar-refractivity contribution in [3.05, 3.63) is 53.6 Å². The van der Waals surface area contributed by atoms with Gasteiger partial charge < -0.3 is 20.1 Å². The Morgan fingerprint density at radius 3 is 2.58 bits per heavy atom. The molecule has 3 rings (SSSR count). The largest absolute Gasteiger partial charge is 0.486 e. The Hall–Kier alpha value is -3.02. The molecule has 0 fully saturated rings. The third-order valence-corrected chi connectivity index (χ3v) is 4.13. The Labute approximate surface area is 152 Å². The first kappa shape index (κ1) is 17.8. The third-order valence-electron chi connectivity index (χ3n) is 4.13. The summed E-state index contributed by atoms with van der Waals surface area (Å²) >= 11 is 0. The summed E-state index contributed by atoms with van der Waals surface area (Å²) in [6, 6.07) is 12.4. The van der Waals surface area contributed by atoms with Gasteiger partial charge in [-0.3, -0.25) is 9.59 Å². The molecule has 0 radical (unpaired) electrons. The fourth-order valence-electron chi connectivity index (χ4n) is 2.88. The smallest absolute Gasteiger partial charge is 0.251 e. The predicted molar refractivity (Wildman–Crippen MR) is 98.7 cm³/mol. The van der Waals surface area contributed by atoms with Crippen LogP contribution in [0.5, 0.6) is 11.5 Å². The predicted octanol–water partition coefficient (Wildman–Crippen LogP) is 3.30. The van der Waals surface area contributed by atoms with Gasteiger partial charge in [-0.1, -0.05) is 19.1 Å². The summed E-state index contributed by atoms with van der Waals surface area (Å²) in [5, 5.41) is 5.72. The highest BCUT2D eigenvalue weighted by molar-refractivity contribution is 5.97. The van der Waals surface area contributed by atoms with E-state index in [1.54, 1.807) is 24.3 Å². The van der Waals surface area contributed by atoms with Gasteiger partial charge in [0.25, 0.3) is 5.91 Å². The molecule has 2 N–H and O–H groups in total. The van der Waals surface area contributed by atoms with E-state index in [0.717, 1.165) is 17.7 Å². The van der Waals surface area contributed by atoms with Crippen molar-refractivity contribution in [2.24, 2.45) is 0 Å². The Bertz CT molecular complexity index is 819. The van der Waals surface area contributed by atoms with Crippen LogP contribution in [0.25, 0.3) is 0 Å². The first-order valence-corrected chi connectivity index (χ1v) is 8.65. The average molecular weight is 354 g/mol. The monoisotopic (exact) mass is 354 g/mol. The zero-order valence-electron chi connectivity index (χ0n) is 14.9. The molecule has 0 spiro atoms. The summed E-state index contributed by atoms with van der Waals surface area (Å²) in [5.41, 5.74) is 2.05. The minimum Gasteiger partial charge on any atom is -0.486 e. The molecule has 1 atom stereocenters. The summed E-state index contributed by atoms with van der Waals surface area (Å²) in [6.45, 7) is 4.51. The van der Waals surface area contributed by atoms with Gasteiger partial charge in [0.15, 0.2) is 11.5 Å². The van der Waals surface area contributed by atoms with E-state index in [1.807, 2.05) is 25.1 Å². The summed E-state index contributed by atoms with van der Waals surface area (Å²) < 4.78 is 11.2. The summed E-state index contributed by atoms with van der Waals surface area (Å²) in [7, 11) is 0. The van der Waals surface area contributed by atoms with Crippen molar-refractivity contribution in [3.8, 4) is 11.5 Å². The van der Waals surface area contributed by atoms with Crippen molar-refractivity contribution >= 4 is 17.5 Å². The van der Waals surface area contributed by atoms with Crippen LogP contribution in [0, 0.1) is 0 Å². The number of fused-ring (bicyclic) bond motifs is 1. The van der Waals surface area contributed by atoms with Crippen LogP contribution in [-0.2, 0) is 4.79 Å². The van der Waals surface area contributed by atoms with E-state index in [2.05, 4.69) is 10.6 Å². The van der Waals surface area contributed by atoms with Gasteiger partial charge >= 0.3 is 0 Å². The van der Waals surface area contributed by atoms with Gasteiger partial charge in [-0.2, -0.15) is 0 Å². The van der Waals surface area contributed by atoms with Crippen molar-refractivity contribution in [1.29, 1.82) is 0 Å². The number of hydrogen-bond acceptors (Lipinski definition) is 4. The lowest BCUT2D eigenvalue weighted by Gasteiger charge is -2.22. The second kappa shape index (κ2) is 7.91. The van der Waals surface area contributed by atoms with Gasteiger partial charge in [-0.25, -0.2) is 0 Å². The van der Waals surface area contributed by atoms with Crippen molar-refractivity contribution in [3.63, 3.8) is 0 Å². The van der Waals surface area contributed by atoms with E-state index < -0.39 is 0 Å². The molecule has 136 valence electrons. The molecule has 6 heteroatoms. The molecule has 0 saturated heterocycles. The number of nitrogens with one attached hydrogen (secondary N) is 2. The zero-order valence-corrected chi connectivity index (χ0v) is 14.9. The van der Waals surface area contributed by atoms with E-state index in [-0.39, 0.29) is 17.9 Å². The lowest BCUT2D eigenvalue weighted by atomic mass is 10.0. The second-order valence-corrected chi connectivity index (χ2v) is 6.10. The lowest BCUT2D eigenvalue weighted by Crippen LogP contribution is -2.28. The van der Waals surface area contributed by atoms with Gasteiger partial charge in [0.05, 0.1) is 6.04 Å². The molecule has 1 unspecified atom stereocenters. The minimum absolute atomic E-state index is 0.150. The van der Waals surface area contributed by atoms with Gasteiger partial charge in [0, 0.05) is 18.2 Å². The third kappa shape index (κ3) is 4.14. The number of benzene rings is 2. The van der Waals surface area contributed by atoms with E-state index in [4.69, 9.17) is 9.47 Å². The minimum atomic E-state index is -0.195. The Morgan fingerprint density at radius 2 is 1.85 bits per heavy atom. The fraction of sp³-hybridized carbons (Fsp3) is 0.300. The number of hydrogen-bond donors (Lipinski definition) is 2. The average Bonchev–Trinajstić information content (AvgIpc) is 2.65. The molecule has 1 aliphatic heterocycles. The topological polar surface area (TPSA) is 76.7 Å². The Morgan fingerprint density at radius 1 is 1.08 bits per heavy atom. The van der Waals surface area contributed by atoms with Crippen LogP contribution in [0.1, 0.15) is 42.2 Å². The number of ether oxygens (including phenoxy) is 2. The number of carbonyl (C=O) groups excluding carboxylic acids is 2. The van der Waals surface area contributed by atoms with Crippen LogP contribution < -0.4 is 20.1 Å². The van der Waals surface area contributed by atoms with Gasteiger partial charge in [-0.05, 0) is 42.3 Å². The van der Waals surface area contributed by atoms with Crippen molar-refractivity contribution in [2.75, 3.05) is 18.5 Å². The number of carbonyl (C=O) groups is 2.